The number of hydrogen-bond acceptors (Lipinski definition) is 3. The highest BCUT2D eigenvalue weighted by Gasteiger charge is 2.56. The Balaban J connectivity index is 1.98. The number of benzene rings is 1. The molecule has 0 atom stereocenters. The van der Waals surface area contributed by atoms with Gasteiger partial charge in [0, 0.05) is 13.7 Å². The van der Waals surface area contributed by atoms with Crippen molar-refractivity contribution in [2.45, 2.75) is 12.8 Å². The first-order valence-electron chi connectivity index (χ1n) is 6.43. The maximum atomic E-state index is 13.5. The number of anilines is 1. The summed E-state index contributed by atoms with van der Waals surface area (Å²) in [6.07, 6.45) is 0.957. The average Bonchev–Trinajstić information content (AvgIpc) is 3.23. The summed E-state index contributed by atoms with van der Waals surface area (Å²) in [5.74, 6) is -1.31. The third-order valence-corrected chi connectivity index (χ3v) is 3.33. The van der Waals surface area contributed by atoms with Gasteiger partial charge in [-0.2, -0.15) is 0 Å². The lowest BCUT2D eigenvalue weighted by molar-refractivity contribution is -0.134. The molecule has 0 spiro atoms. The van der Waals surface area contributed by atoms with Gasteiger partial charge in [-0.3, -0.25) is 9.59 Å². The molecule has 6 heteroatoms. The van der Waals surface area contributed by atoms with Gasteiger partial charge in [0.05, 0.1) is 12.3 Å². The number of ether oxygens (including phenoxy) is 1. The predicted molar refractivity (Wildman–Crippen MR) is 71.6 cm³/mol. The zero-order valence-corrected chi connectivity index (χ0v) is 11.2. The molecule has 0 saturated heterocycles. The van der Waals surface area contributed by atoms with Crippen LogP contribution in [0.4, 0.5) is 10.1 Å². The van der Waals surface area contributed by atoms with Gasteiger partial charge < -0.3 is 15.4 Å². The maximum Gasteiger partial charge on any atom is 0.240 e. The van der Waals surface area contributed by atoms with Crippen LogP contribution in [0.3, 0.4) is 0 Å². The number of carbonyl (C=O) groups is 2. The number of para-hydroxylation sites is 1. The SMILES string of the molecule is COCCNC(=O)C1(C(=O)Nc2ccccc2F)CC1. The average molecular weight is 280 g/mol. The van der Waals surface area contributed by atoms with E-state index in [1.165, 1.54) is 25.3 Å². The van der Waals surface area contributed by atoms with Crippen molar-refractivity contribution in [2.24, 2.45) is 5.41 Å². The lowest BCUT2D eigenvalue weighted by Crippen LogP contribution is -2.41. The Morgan fingerprint density at radius 3 is 2.60 bits per heavy atom. The van der Waals surface area contributed by atoms with Crippen molar-refractivity contribution in [3.63, 3.8) is 0 Å². The molecular weight excluding hydrogens is 263 g/mol. The zero-order valence-electron chi connectivity index (χ0n) is 11.2. The Labute approximate surface area is 116 Å². The second kappa shape index (κ2) is 6.00. The van der Waals surface area contributed by atoms with Crippen LogP contribution < -0.4 is 10.6 Å². The van der Waals surface area contributed by atoms with Crippen LogP contribution in [0.5, 0.6) is 0 Å². The van der Waals surface area contributed by atoms with Gasteiger partial charge in [-0.1, -0.05) is 12.1 Å². The molecular formula is C14H17FN2O3. The molecule has 1 aromatic rings. The Morgan fingerprint density at radius 2 is 2.00 bits per heavy atom. The van der Waals surface area contributed by atoms with Crippen molar-refractivity contribution in [1.82, 2.24) is 5.32 Å². The monoisotopic (exact) mass is 280 g/mol. The van der Waals surface area contributed by atoms with Crippen molar-refractivity contribution >= 4 is 17.5 Å². The summed E-state index contributed by atoms with van der Waals surface area (Å²) in [4.78, 5) is 24.2. The number of hydrogen-bond donors (Lipinski definition) is 2. The summed E-state index contributed by atoms with van der Waals surface area (Å²) in [7, 11) is 1.53. The summed E-state index contributed by atoms with van der Waals surface area (Å²) in [6, 6.07) is 5.88. The first-order chi connectivity index (χ1) is 9.60. The molecule has 0 aromatic heterocycles. The molecule has 1 aliphatic carbocycles. The van der Waals surface area contributed by atoms with Crippen LogP contribution in [-0.2, 0) is 14.3 Å². The normalized spacial score (nSPS) is 15.5. The smallest absolute Gasteiger partial charge is 0.240 e. The number of carbonyl (C=O) groups excluding carboxylic acids is 2. The van der Waals surface area contributed by atoms with E-state index in [0.717, 1.165) is 0 Å². The molecule has 0 unspecified atom stereocenters. The first kappa shape index (κ1) is 14.5. The molecule has 2 rings (SSSR count). The molecule has 20 heavy (non-hydrogen) atoms. The van der Waals surface area contributed by atoms with Gasteiger partial charge in [-0.05, 0) is 25.0 Å². The minimum absolute atomic E-state index is 0.0912. The third kappa shape index (κ3) is 2.96. The van der Waals surface area contributed by atoms with Gasteiger partial charge in [-0.25, -0.2) is 4.39 Å². The highest BCUT2D eigenvalue weighted by Crippen LogP contribution is 2.46. The first-order valence-corrected chi connectivity index (χ1v) is 6.43. The van der Waals surface area contributed by atoms with Crippen molar-refractivity contribution in [3.8, 4) is 0 Å². The van der Waals surface area contributed by atoms with E-state index in [-0.39, 0.29) is 11.6 Å². The molecule has 1 aromatic carbocycles. The van der Waals surface area contributed by atoms with E-state index in [2.05, 4.69) is 10.6 Å². The fraction of sp³-hybridized carbons (Fsp3) is 0.429. The number of methoxy groups -OCH3 is 1. The Kier molecular flexibility index (Phi) is 4.34. The van der Waals surface area contributed by atoms with Crippen molar-refractivity contribution in [2.75, 3.05) is 25.6 Å². The Morgan fingerprint density at radius 1 is 1.30 bits per heavy atom. The van der Waals surface area contributed by atoms with Crippen LogP contribution in [0.2, 0.25) is 0 Å². The lowest BCUT2D eigenvalue weighted by atomic mass is 10.1. The summed E-state index contributed by atoms with van der Waals surface area (Å²) in [5, 5.41) is 5.13. The van der Waals surface area contributed by atoms with Crippen LogP contribution in [0.15, 0.2) is 24.3 Å². The fourth-order valence-electron chi connectivity index (χ4n) is 1.92. The molecule has 0 bridgehead atoms. The zero-order chi connectivity index (χ0) is 14.6. The molecule has 1 fully saturated rings. The summed E-state index contributed by atoms with van der Waals surface area (Å²) in [5.41, 5.74) is -0.968. The van der Waals surface area contributed by atoms with E-state index in [4.69, 9.17) is 4.74 Å². The van der Waals surface area contributed by atoms with E-state index >= 15 is 0 Å². The predicted octanol–water partition coefficient (Wildman–Crippen LogP) is 1.31. The number of rotatable bonds is 6. The molecule has 1 saturated carbocycles. The number of amides is 2. The summed E-state index contributed by atoms with van der Waals surface area (Å²) in [6.45, 7) is 0.737. The van der Waals surface area contributed by atoms with Gasteiger partial charge in [-0.15, -0.1) is 0 Å². The summed E-state index contributed by atoms with van der Waals surface area (Å²) < 4.78 is 18.3. The lowest BCUT2D eigenvalue weighted by Gasteiger charge is -2.15. The van der Waals surface area contributed by atoms with Crippen LogP contribution in [0, 0.1) is 11.2 Å². The third-order valence-electron chi connectivity index (χ3n) is 3.33. The van der Waals surface area contributed by atoms with Gasteiger partial charge in [0.2, 0.25) is 11.8 Å². The summed E-state index contributed by atoms with van der Waals surface area (Å²) >= 11 is 0. The molecule has 5 nitrogen and oxygen atoms in total. The van der Waals surface area contributed by atoms with Crippen LogP contribution in [0.25, 0.3) is 0 Å². The van der Waals surface area contributed by atoms with E-state index in [9.17, 15) is 14.0 Å². The van der Waals surface area contributed by atoms with Gasteiger partial charge in [0.1, 0.15) is 11.2 Å². The minimum atomic E-state index is -1.06. The van der Waals surface area contributed by atoms with Crippen molar-refractivity contribution < 1.29 is 18.7 Å². The highest BCUT2D eigenvalue weighted by atomic mass is 19.1. The minimum Gasteiger partial charge on any atom is -0.383 e. The topological polar surface area (TPSA) is 67.4 Å². The fourth-order valence-corrected chi connectivity index (χ4v) is 1.92. The van der Waals surface area contributed by atoms with Gasteiger partial charge >= 0.3 is 0 Å². The molecule has 0 radical (unpaired) electrons. The van der Waals surface area contributed by atoms with E-state index in [0.29, 0.717) is 26.0 Å². The number of nitrogens with one attached hydrogen (secondary N) is 2. The second-order valence-electron chi connectivity index (χ2n) is 4.76. The van der Waals surface area contributed by atoms with Crippen LogP contribution in [-0.4, -0.2) is 32.1 Å². The van der Waals surface area contributed by atoms with Gasteiger partial charge in [0.25, 0.3) is 0 Å². The van der Waals surface area contributed by atoms with Crippen LogP contribution >= 0.6 is 0 Å². The standard InChI is InChI=1S/C14H17FN2O3/c1-20-9-8-16-12(18)14(6-7-14)13(19)17-11-5-3-2-4-10(11)15/h2-5H,6-9H2,1H3,(H,16,18)(H,17,19). The Hall–Kier alpha value is -1.95. The van der Waals surface area contributed by atoms with Crippen LogP contribution in [0.1, 0.15) is 12.8 Å². The van der Waals surface area contributed by atoms with Gasteiger partial charge in [0.15, 0.2) is 0 Å². The molecule has 2 N–H and O–H groups in total. The maximum absolute atomic E-state index is 13.5. The molecule has 0 aliphatic heterocycles. The molecule has 0 heterocycles. The molecule has 108 valence electrons. The van der Waals surface area contributed by atoms with E-state index in [1.54, 1.807) is 6.07 Å². The number of halogens is 1. The quantitative estimate of drug-likeness (QED) is 0.610. The Bertz CT molecular complexity index is 515. The van der Waals surface area contributed by atoms with E-state index < -0.39 is 17.1 Å². The largest absolute Gasteiger partial charge is 0.383 e. The molecule has 2 amide bonds. The van der Waals surface area contributed by atoms with E-state index in [1.807, 2.05) is 0 Å². The second-order valence-corrected chi connectivity index (χ2v) is 4.76. The highest BCUT2D eigenvalue weighted by molar-refractivity contribution is 6.13. The van der Waals surface area contributed by atoms with Crippen molar-refractivity contribution in [1.29, 1.82) is 0 Å². The van der Waals surface area contributed by atoms with Crippen molar-refractivity contribution in [3.05, 3.63) is 30.1 Å². The molecule has 1 aliphatic rings.